The first-order chi connectivity index (χ1) is 14.3. The molecule has 1 N–H and O–H groups in total. The van der Waals surface area contributed by atoms with Crippen molar-refractivity contribution in [3.8, 4) is 0 Å². The second-order valence-electron chi connectivity index (χ2n) is 8.17. The molecule has 0 aliphatic carbocycles. The van der Waals surface area contributed by atoms with Crippen LogP contribution in [0.5, 0.6) is 0 Å². The summed E-state index contributed by atoms with van der Waals surface area (Å²) in [6, 6.07) is 29.6. The molecule has 4 rings (SSSR count). The first kappa shape index (κ1) is 19.9. The van der Waals surface area contributed by atoms with Gasteiger partial charge >= 0.3 is 0 Å². The molecule has 150 valence electrons. The van der Waals surface area contributed by atoms with Crippen molar-refractivity contribution in [2.24, 2.45) is 0 Å². The van der Waals surface area contributed by atoms with Crippen LogP contribution in [-0.4, -0.2) is 23.1 Å². The quantitative estimate of drug-likeness (QED) is 0.525. The summed E-state index contributed by atoms with van der Waals surface area (Å²) in [5.74, 6) is 0.155. The molecule has 0 aromatic heterocycles. The van der Waals surface area contributed by atoms with Gasteiger partial charge in [-0.2, -0.15) is 0 Å². The smallest absolute Gasteiger partial charge is 0.0859 e. The Morgan fingerprint density at radius 1 is 0.828 bits per heavy atom. The van der Waals surface area contributed by atoms with Crippen LogP contribution in [0, 0.1) is 0 Å². The van der Waals surface area contributed by atoms with Gasteiger partial charge in [0, 0.05) is 12.5 Å². The standard InChI is InChI=1S/C27H31NO/c29-27(23-14-5-2-6-15-23)26-18-20-28(21-24-16-7-8-17-25(24)26)19-10-9-13-22-11-3-1-4-12-22/h1-8,11-12,14-17,26-27,29H,9-10,13,18-21H2/t26-,27-/m0/s1. The van der Waals surface area contributed by atoms with Gasteiger partial charge in [-0.3, -0.25) is 4.90 Å². The topological polar surface area (TPSA) is 23.5 Å². The molecule has 2 nitrogen and oxygen atoms in total. The van der Waals surface area contributed by atoms with Crippen molar-refractivity contribution in [2.45, 2.75) is 44.2 Å². The summed E-state index contributed by atoms with van der Waals surface area (Å²) in [5, 5.41) is 11.1. The van der Waals surface area contributed by atoms with Crippen molar-refractivity contribution in [1.82, 2.24) is 4.90 Å². The van der Waals surface area contributed by atoms with Gasteiger partial charge in [0.15, 0.2) is 0 Å². The molecule has 0 saturated heterocycles. The molecule has 2 heteroatoms. The molecule has 3 aromatic carbocycles. The lowest BCUT2D eigenvalue weighted by atomic mass is 9.85. The summed E-state index contributed by atoms with van der Waals surface area (Å²) in [6.07, 6.45) is 4.13. The Hall–Kier alpha value is -2.42. The van der Waals surface area contributed by atoms with Crippen molar-refractivity contribution >= 4 is 0 Å². The highest BCUT2D eigenvalue weighted by Crippen LogP contribution is 2.38. The first-order valence-corrected chi connectivity index (χ1v) is 10.9. The number of aliphatic hydroxyl groups is 1. The van der Waals surface area contributed by atoms with Crippen LogP contribution in [0.1, 0.15) is 53.5 Å². The highest BCUT2D eigenvalue weighted by molar-refractivity contribution is 5.34. The van der Waals surface area contributed by atoms with Gasteiger partial charge in [0.05, 0.1) is 6.10 Å². The molecule has 3 aromatic rings. The minimum Gasteiger partial charge on any atom is -0.388 e. The summed E-state index contributed by atoms with van der Waals surface area (Å²) in [7, 11) is 0. The van der Waals surface area contributed by atoms with E-state index in [9.17, 15) is 5.11 Å². The predicted octanol–water partition coefficient (Wildman–Crippen LogP) is 5.73. The maximum atomic E-state index is 11.1. The Balaban J connectivity index is 1.40. The van der Waals surface area contributed by atoms with E-state index in [1.54, 1.807) is 0 Å². The minimum absolute atomic E-state index is 0.155. The zero-order valence-electron chi connectivity index (χ0n) is 17.1. The summed E-state index contributed by atoms with van der Waals surface area (Å²) >= 11 is 0. The van der Waals surface area contributed by atoms with Gasteiger partial charge < -0.3 is 5.11 Å². The number of unbranched alkanes of at least 4 members (excludes halogenated alkanes) is 1. The van der Waals surface area contributed by atoms with E-state index in [0.29, 0.717) is 0 Å². The van der Waals surface area contributed by atoms with Crippen LogP contribution < -0.4 is 0 Å². The average Bonchev–Trinajstić information content (AvgIpc) is 2.97. The maximum absolute atomic E-state index is 11.1. The zero-order valence-corrected chi connectivity index (χ0v) is 17.1. The van der Waals surface area contributed by atoms with Crippen molar-refractivity contribution in [3.63, 3.8) is 0 Å². The van der Waals surface area contributed by atoms with Gasteiger partial charge in [0.2, 0.25) is 0 Å². The normalized spacial score (nSPS) is 18.0. The van der Waals surface area contributed by atoms with E-state index < -0.39 is 6.10 Å². The number of benzene rings is 3. The molecule has 0 amide bonds. The Kier molecular flexibility index (Phi) is 6.76. The van der Waals surface area contributed by atoms with E-state index in [4.69, 9.17) is 0 Å². The molecule has 0 spiro atoms. The van der Waals surface area contributed by atoms with E-state index in [2.05, 4.69) is 59.5 Å². The third-order valence-corrected chi connectivity index (χ3v) is 6.16. The van der Waals surface area contributed by atoms with Crippen LogP contribution in [0.3, 0.4) is 0 Å². The van der Waals surface area contributed by atoms with Crippen molar-refractivity contribution in [1.29, 1.82) is 0 Å². The van der Waals surface area contributed by atoms with E-state index in [1.807, 2.05) is 30.3 Å². The average molecular weight is 386 g/mol. The Morgan fingerprint density at radius 3 is 2.31 bits per heavy atom. The van der Waals surface area contributed by atoms with Crippen LogP contribution in [0.4, 0.5) is 0 Å². The fourth-order valence-corrected chi connectivity index (χ4v) is 4.55. The number of fused-ring (bicyclic) bond motifs is 1. The summed E-state index contributed by atoms with van der Waals surface area (Å²) in [4.78, 5) is 2.57. The van der Waals surface area contributed by atoms with E-state index in [0.717, 1.165) is 38.0 Å². The number of hydrogen-bond donors (Lipinski definition) is 1. The van der Waals surface area contributed by atoms with Gasteiger partial charge in [0.1, 0.15) is 0 Å². The third kappa shape index (κ3) is 5.14. The molecule has 1 aliphatic rings. The molecule has 29 heavy (non-hydrogen) atoms. The second kappa shape index (κ2) is 9.87. The van der Waals surface area contributed by atoms with Crippen LogP contribution >= 0.6 is 0 Å². The highest BCUT2D eigenvalue weighted by Gasteiger charge is 2.28. The summed E-state index contributed by atoms with van der Waals surface area (Å²) in [5.41, 5.74) is 5.13. The number of rotatable bonds is 7. The number of hydrogen-bond acceptors (Lipinski definition) is 2. The molecular formula is C27H31NO. The molecule has 0 radical (unpaired) electrons. The summed E-state index contributed by atoms with van der Waals surface area (Å²) < 4.78 is 0. The molecular weight excluding hydrogens is 354 g/mol. The Morgan fingerprint density at radius 2 is 1.52 bits per heavy atom. The van der Waals surface area contributed by atoms with Crippen molar-refractivity contribution < 1.29 is 5.11 Å². The van der Waals surface area contributed by atoms with Crippen LogP contribution in [-0.2, 0) is 13.0 Å². The summed E-state index contributed by atoms with van der Waals surface area (Å²) in [6.45, 7) is 3.14. The molecule has 1 aliphatic heterocycles. The predicted molar refractivity (Wildman–Crippen MR) is 120 cm³/mol. The van der Waals surface area contributed by atoms with Crippen LogP contribution in [0.2, 0.25) is 0 Å². The Bertz CT molecular complexity index is 877. The lowest BCUT2D eigenvalue weighted by molar-refractivity contribution is 0.134. The molecule has 0 saturated carbocycles. The lowest BCUT2D eigenvalue weighted by Gasteiger charge is -2.24. The highest BCUT2D eigenvalue weighted by atomic mass is 16.3. The second-order valence-corrected chi connectivity index (χ2v) is 8.17. The van der Waals surface area contributed by atoms with E-state index >= 15 is 0 Å². The van der Waals surface area contributed by atoms with E-state index in [1.165, 1.54) is 29.5 Å². The maximum Gasteiger partial charge on any atom is 0.0859 e. The number of aliphatic hydroxyl groups excluding tert-OH is 1. The molecule has 1 heterocycles. The molecule has 0 fully saturated rings. The number of nitrogens with zero attached hydrogens (tertiary/aromatic N) is 1. The fourth-order valence-electron chi connectivity index (χ4n) is 4.55. The molecule has 0 bridgehead atoms. The lowest BCUT2D eigenvalue weighted by Crippen LogP contribution is -2.25. The minimum atomic E-state index is -0.449. The van der Waals surface area contributed by atoms with E-state index in [-0.39, 0.29) is 5.92 Å². The molecule has 2 atom stereocenters. The van der Waals surface area contributed by atoms with Gasteiger partial charge in [-0.05, 0) is 61.0 Å². The Labute approximate surface area is 174 Å². The van der Waals surface area contributed by atoms with Crippen molar-refractivity contribution in [3.05, 3.63) is 107 Å². The zero-order chi connectivity index (χ0) is 19.9. The first-order valence-electron chi connectivity index (χ1n) is 10.9. The largest absolute Gasteiger partial charge is 0.388 e. The SMILES string of the molecule is O[C@@H](c1ccccc1)[C@H]1CCN(CCCCc2ccccc2)Cc2ccccc21. The van der Waals surface area contributed by atoms with Gasteiger partial charge in [-0.15, -0.1) is 0 Å². The fraction of sp³-hybridized carbons (Fsp3) is 0.333. The van der Waals surface area contributed by atoms with Gasteiger partial charge in [0.25, 0.3) is 0 Å². The van der Waals surface area contributed by atoms with Crippen LogP contribution in [0.25, 0.3) is 0 Å². The molecule has 0 unspecified atom stereocenters. The van der Waals surface area contributed by atoms with Gasteiger partial charge in [-0.25, -0.2) is 0 Å². The van der Waals surface area contributed by atoms with Gasteiger partial charge in [-0.1, -0.05) is 84.9 Å². The number of aryl methyl sites for hydroxylation is 1. The van der Waals surface area contributed by atoms with Crippen LogP contribution in [0.15, 0.2) is 84.9 Å². The third-order valence-electron chi connectivity index (χ3n) is 6.16. The monoisotopic (exact) mass is 385 g/mol. The van der Waals surface area contributed by atoms with Crippen molar-refractivity contribution in [2.75, 3.05) is 13.1 Å².